The maximum atomic E-state index is 11.9. The van der Waals surface area contributed by atoms with Gasteiger partial charge in [0, 0.05) is 56.6 Å². The number of thioether (sulfide) groups is 1. The quantitative estimate of drug-likeness (QED) is 0.174. The lowest BCUT2D eigenvalue weighted by atomic mass is 10.0. The average Bonchev–Trinajstić information content (AvgIpc) is 3.27. The summed E-state index contributed by atoms with van der Waals surface area (Å²) in [6.45, 7) is 2.37. The number of hydrogen-bond acceptors (Lipinski definition) is 5. The van der Waals surface area contributed by atoms with Crippen LogP contribution in [0, 0.1) is 12.3 Å². The molecule has 3 atom stereocenters. The Morgan fingerprint density at radius 2 is 1.77 bits per heavy atom. The number of amides is 4. The lowest BCUT2D eigenvalue weighted by Crippen LogP contribution is -2.36. The molecule has 2 fully saturated rings. The van der Waals surface area contributed by atoms with E-state index in [-0.39, 0.29) is 29.9 Å². The smallest absolute Gasteiger partial charge is 0.315 e. The molecule has 0 aliphatic carbocycles. The highest BCUT2D eigenvalue weighted by molar-refractivity contribution is 8.00. The summed E-state index contributed by atoms with van der Waals surface area (Å²) >= 11 is 1.91. The van der Waals surface area contributed by atoms with Crippen molar-refractivity contribution in [2.75, 3.05) is 32.1 Å². The molecule has 2 rings (SSSR count). The number of terminal acetylenes is 1. The fraction of sp³-hybridized carbons (Fsp3) is 0.762. The van der Waals surface area contributed by atoms with Crippen molar-refractivity contribution in [2.45, 2.75) is 68.7 Å². The molecule has 2 aliphatic rings. The number of carbonyl (C=O) groups is 3. The molecule has 168 valence electrons. The van der Waals surface area contributed by atoms with Crippen molar-refractivity contribution >= 4 is 29.6 Å². The lowest BCUT2D eigenvalue weighted by Gasteiger charge is -2.16. The fourth-order valence-corrected chi connectivity index (χ4v) is 5.09. The molecule has 0 saturated carbocycles. The summed E-state index contributed by atoms with van der Waals surface area (Å²) in [7, 11) is 0. The predicted octanol–water partition coefficient (Wildman–Crippen LogP) is 1.15. The fourth-order valence-electron chi connectivity index (χ4n) is 3.54. The highest BCUT2D eigenvalue weighted by Crippen LogP contribution is 2.33. The number of unbranched alkanes of at least 4 members (excludes halogenated alkanes) is 1. The Balaban J connectivity index is 1.35. The summed E-state index contributed by atoms with van der Waals surface area (Å²) in [5.41, 5.74) is 0. The molecule has 4 N–H and O–H groups in total. The van der Waals surface area contributed by atoms with E-state index in [0.717, 1.165) is 37.9 Å². The first-order valence-corrected chi connectivity index (χ1v) is 11.9. The maximum Gasteiger partial charge on any atom is 0.315 e. The van der Waals surface area contributed by atoms with Crippen LogP contribution in [0.2, 0.25) is 0 Å². The SMILES string of the molecule is C#CCCC(=O)NCCCOCCCNC(=O)CCCC[C@@H]1SC[C@@H]2NC(=O)N[C@@H]21. The molecule has 8 nitrogen and oxygen atoms in total. The van der Waals surface area contributed by atoms with Crippen LogP contribution in [-0.4, -0.2) is 67.2 Å². The lowest BCUT2D eigenvalue weighted by molar-refractivity contribution is -0.121. The van der Waals surface area contributed by atoms with Crippen LogP contribution in [-0.2, 0) is 14.3 Å². The zero-order chi connectivity index (χ0) is 21.6. The molecule has 0 aromatic heterocycles. The van der Waals surface area contributed by atoms with Gasteiger partial charge in [-0.1, -0.05) is 6.42 Å². The normalized spacial score (nSPS) is 22.0. The van der Waals surface area contributed by atoms with E-state index in [1.165, 1.54) is 0 Å². The molecule has 0 aromatic carbocycles. The van der Waals surface area contributed by atoms with Crippen molar-refractivity contribution in [1.29, 1.82) is 0 Å². The van der Waals surface area contributed by atoms with Gasteiger partial charge in [-0.3, -0.25) is 9.59 Å². The van der Waals surface area contributed by atoms with Crippen LogP contribution < -0.4 is 21.3 Å². The maximum absolute atomic E-state index is 11.9. The molecule has 0 aromatic rings. The molecule has 2 aliphatic heterocycles. The zero-order valence-electron chi connectivity index (χ0n) is 17.5. The van der Waals surface area contributed by atoms with E-state index in [2.05, 4.69) is 27.2 Å². The van der Waals surface area contributed by atoms with Gasteiger partial charge in [0.1, 0.15) is 0 Å². The van der Waals surface area contributed by atoms with Gasteiger partial charge in [0.2, 0.25) is 11.8 Å². The largest absolute Gasteiger partial charge is 0.381 e. The zero-order valence-corrected chi connectivity index (χ0v) is 18.4. The van der Waals surface area contributed by atoms with Crippen LogP contribution in [0.4, 0.5) is 4.79 Å². The Labute approximate surface area is 183 Å². The molecule has 4 amide bonds. The molecule has 2 saturated heterocycles. The van der Waals surface area contributed by atoms with Gasteiger partial charge in [-0.05, 0) is 25.7 Å². The number of fused-ring (bicyclic) bond motifs is 1. The Morgan fingerprint density at radius 3 is 2.47 bits per heavy atom. The van der Waals surface area contributed by atoms with Gasteiger partial charge < -0.3 is 26.0 Å². The number of ether oxygens (including phenoxy) is 1. The number of hydrogen-bond donors (Lipinski definition) is 4. The van der Waals surface area contributed by atoms with Crippen molar-refractivity contribution in [3.8, 4) is 12.3 Å². The molecule has 30 heavy (non-hydrogen) atoms. The van der Waals surface area contributed by atoms with Crippen LogP contribution in [0.25, 0.3) is 0 Å². The summed E-state index contributed by atoms with van der Waals surface area (Å²) in [5, 5.41) is 12.1. The van der Waals surface area contributed by atoms with Gasteiger partial charge in [0.05, 0.1) is 12.1 Å². The Hall–Kier alpha value is -1.92. The summed E-state index contributed by atoms with van der Waals surface area (Å²) in [6.07, 6.45) is 10.9. The van der Waals surface area contributed by atoms with Crippen LogP contribution in [0.15, 0.2) is 0 Å². The van der Waals surface area contributed by atoms with E-state index in [0.29, 0.717) is 50.8 Å². The third-order valence-electron chi connectivity index (χ3n) is 5.15. The minimum Gasteiger partial charge on any atom is -0.381 e. The Morgan fingerprint density at radius 1 is 1.07 bits per heavy atom. The molecule has 2 heterocycles. The van der Waals surface area contributed by atoms with Crippen LogP contribution >= 0.6 is 11.8 Å². The van der Waals surface area contributed by atoms with Crippen molar-refractivity contribution in [3.63, 3.8) is 0 Å². The summed E-state index contributed by atoms with van der Waals surface area (Å²) in [5.74, 6) is 3.47. The van der Waals surface area contributed by atoms with Crippen LogP contribution in [0.1, 0.15) is 51.4 Å². The van der Waals surface area contributed by atoms with E-state index >= 15 is 0 Å². The van der Waals surface area contributed by atoms with Crippen molar-refractivity contribution in [3.05, 3.63) is 0 Å². The predicted molar refractivity (Wildman–Crippen MR) is 118 cm³/mol. The van der Waals surface area contributed by atoms with Gasteiger partial charge in [0.15, 0.2) is 0 Å². The molecule has 0 radical (unpaired) electrons. The highest BCUT2D eigenvalue weighted by Gasteiger charge is 2.42. The summed E-state index contributed by atoms with van der Waals surface area (Å²) in [4.78, 5) is 34.6. The molecular formula is C21H34N4O4S. The van der Waals surface area contributed by atoms with Crippen molar-refractivity contribution in [2.24, 2.45) is 0 Å². The van der Waals surface area contributed by atoms with Gasteiger partial charge in [-0.2, -0.15) is 11.8 Å². The second kappa shape index (κ2) is 14.1. The van der Waals surface area contributed by atoms with E-state index in [4.69, 9.17) is 11.2 Å². The van der Waals surface area contributed by atoms with Gasteiger partial charge in [-0.25, -0.2) is 4.79 Å². The minimum atomic E-state index is -0.0541. The van der Waals surface area contributed by atoms with E-state index < -0.39 is 0 Å². The molecule has 0 spiro atoms. The number of urea groups is 1. The molecular weight excluding hydrogens is 404 g/mol. The van der Waals surface area contributed by atoms with Gasteiger partial charge in [-0.15, -0.1) is 12.3 Å². The average molecular weight is 439 g/mol. The Bertz CT molecular complexity index is 610. The van der Waals surface area contributed by atoms with Gasteiger partial charge >= 0.3 is 6.03 Å². The van der Waals surface area contributed by atoms with Crippen LogP contribution in [0.3, 0.4) is 0 Å². The molecule has 0 unspecified atom stereocenters. The first-order chi connectivity index (χ1) is 14.6. The van der Waals surface area contributed by atoms with E-state index in [1.54, 1.807) is 0 Å². The van der Waals surface area contributed by atoms with Crippen molar-refractivity contribution < 1.29 is 19.1 Å². The Kier molecular flexibility index (Phi) is 11.5. The monoisotopic (exact) mass is 438 g/mol. The second-order valence-corrected chi connectivity index (χ2v) is 8.86. The minimum absolute atomic E-state index is 0.0239. The topological polar surface area (TPSA) is 109 Å². The summed E-state index contributed by atoms with van der Waals surface area (Å²) < 4.78 is 5.50. The number of rotatable bonds is 15. The second-order valence-electron chi connectivity index (χ2n) is 7.59. The number of nitrogens with one attached hydrogen (secondary N) is 4. The third kappa shape index (κ3) is 9.26. The van der Waals surface area contributed by atoms with Crippen LogP contribution in [0.5, 0.6) is 0 Å². The van der Waals surface area contributed by atoms with E-state index in [9.17, 15) is 14.4 Å². The standard InChI is InChI=1S/C21H34N4O4S/c1-2-3-9-18(26)22-11-6-13-29-14-7-12-23-19(27)10-5-4-8-17-20-16(15-30-17)24-21(28)25-20/h1,16-17,20H,3-15H2,(H,22,26)(H,23,27)(H2,24,25,28)/t16-,17-,20-/m0/s1. The van der Waals surface area contributed by atoms with Gasteiger partial charge in [0.25, 0.3) is 0 Å². The summed E-state index contributed by atoms with van der Waals surface area (Å²) in [6, 6.07) is 0.443. The first kappa shape index (κ1) is 24.4. The first-order valence-electron chi connectivity index (χ1n) is 10.8. The number of carbonyl (C=O) groups excluding carboxylic acids is 3. The van der Waals surface area contributed by atoms with E-state index in [1.807, 2.05) is 11.8 Å². The highest BCUT2D eigenvalue weighted by atomic mass is 32.2. The third-order valence-corrected chi connectivity index (χ3v) is 6.66. The van der Waals surface area contributed by atoms with Crippen molar-refractivity contribution in [1.82, 2.24) is 21.3 Å². The molecule has 9 heteroatoms. The molecule has 0 bridgehead atoms.